The van der Waals surface area contributed by atoms with Gasteiger partial charge in [-0.15, -0.1) is 0 Å². The zero-order valence-corrected chi connectivity index (χ0v) is 13.8. The maximum absolute atomic E-state index is 12.7. The summed E-state index contributed by atoms with van der Waals surface area (Å²) in [6, 6.07) is 20.0. The average Bonchev–Trinajstić information content (AvgIpc) is 2.69. The Hall–Kier alpha value is -3.73. The highest BCUT2D eigenvalue weighted by Crippen LogP contribution is 2.35. The topological polar surface area (TPSA) is 78.6 Å². The number of benzene rings is 1. The predicted molar refractivity (Wildman–Crippen MR) is 102 cm³/mol. The smallest absolute Gasteiger partial charge is 0.257 e. The van der Waals surface area contributed by atoms with Gasteiger partial charge in [0.25, 0.3) is 5.56 Å². The number of aromatic amines is 2. The standard InChI is InChI=1S/C21H15N3O2/c25-18-11-6-10-17(24-18)20-19(14-7-2-1-3-8-14)15(13-23-21(20)26)16-9-4-5-12-22-16/h1-13H,(H,23,26)(H,24,25). The molecule has 0 bridgehead atoms. The lowest BCUT2D eigenvalue weighted by Crippen LogP contribution is -2.14. The van der Waals surface area contributed by atoms with Crippen molar-refractivity contribution in [2.24, 2.45) is 0 Å². The first kappa shape index (κ1) is 15.8. The normalized spacial score (nSPS) is 10.6. The van der Waals surface area contributed by atoms with Crippen LogP contribution >= 0.6 is 0 Å². The maximum Gasteiger partial charge on any atom is 0.257 e. The molecule has 0 saturated heterocycles. The van der Waals surface area contributed by atoms with Gasteiger partial charge in [-0.25, -0.2) is 0 Å². The summed E-state index contributed by atoms with van der Waals surface area (Å²) in [5.74, 6) is 0. The Balaban J connectivity index is 2.11. The minimum Gasteiger partial charge on any atom is -0.328 e. The lowest BCUT2D eigenvalue weighted by Gasteiger charge is -2.14. The summed E-state index contributed by atoms with van der Waals surface area (Å²) in [6.07, 6.45) is 3.37. The first-order chi connectivity index (χ1) is 12.7. The molecule has 0 saturated carbocycles. The number of nitrogens with zero attached hydrogens (tertiary/aromatic N) is 1. The van der Waals surface area contributed by atoms with Gasteiger partial charge in [0.15, 0.2) is 0 Å². The van der Waals surface area contributed by atoms with E-state index in [2.05, 4.69) is 15.0 Å². The average molecular weight is 341 g/mol. The second-order valence-corrected chi connectivity index (χ2v) is 5.79. The van der Waals surface area contributed by atoms with Crippen LogP contribution in [0, 0.1) is 0 Å². The third kappa shape index (κ3) is 2.86. The highest BCUT2D eigenvalue weighted by Gasteiger charge is 2.18. The minimum atomic E-state index is -0.273. The molecule has 5 heteroatoms. The van der Waals surface area contributed by atoms with Crippen LogP contribution in [0.25, 0.3) is 33.6 Å². The lowest BCUT2D eigenvalue weighted by molar-refractivity contribution is 1.19. The Morgan fingerprint density at radius 1 is 0.769 bits per heavy atom. The molecule has 26 heavy (non-hydrogen) atoms. The quantitative estimate of drug-likeness (QED) is 0.599. The number of pyridine rings is 3. The van der Waals surface area contributed by atoms with Crippen LogP contribution in [0.4, 0.5) is 0 Å². The van der Waals surface area contributed by atoms with Crippen LogP contribution in [0.15, 0.2) is 88.7 Å². The number of hydrogen-bond acceptors (Lipinski definition) is 3. The van der Waals surface area contributed by atoms with E-state index in [9.17, 15) is 9.59 Å². The van der Waals surface area contributed by atoms with Crippen LogP contribution in [0.5, 0.6) is 0 Å². The van der Waals surface area contributed by atoms with Gasteiger partial charge in [-0.1, -0.05) is 42.5 Å². The van der Waals surface area contributed by atoms with E-state index >= 15 is 0 Å². The van der Waals surface area contributed by atoms with Gasteiger partial charge in [0.2, 0.25) is 5.56 Å². The Morgan fingerprint density at radius 3 is 2.31 bits per heavy atom. The highest BCUT2D eigenvalue weighted by atomic mass is 16.1. The van der Waals surface area contributed by atoms with Gasteiger partial charge in [-0.3, -0.25) is 14.6 Å². The molecule has 0 aliphatic heterocycles. The number of aromatic nitrogens is 3. The molecule has 126 valence electrons. The van der Waals surface area contributed by atoms with Gasteiger partial charge in [-0.2, -0.15) is 0 Å². The van der Waals surface area contributed by atoms with E-state index in [4.69, 9.17) is 0 Å². The molecule has 1 aromatic carbocycles. The second kappa shape index (κ2) is 6.64. The van der Waals surface area contributed by atoms with Crippen LogP contribution in [0.1, 0.15) is 0 Å². The lowest BCUT2D eigenvalue weighted by atomic mass is 9.93. The monoisotopic (exact) mass is 341 g/mol. The van der Waals surface area contributed by atoms with Crippen molar-refractivity contribution in [1.29, 1.82) is 0 Å². The molecule has 4 aromatic rings. The number of H-pyrrole nitrogens is 2. The molecule has 0 radical (unpaired) electrons. The molecule has 0 atom stereocenters. The fourth-order valence-corrected chi connectivity index (χ4v) is 3.01. The van der Waals surface area contributed by atoms with Gasteiger partial charge in [0, 0.05) is 29.6 Å². The Morgan fingerprint density at radius 2 is 1.58 bits per heavy atom. The van der Waals surface area contributed by atoms with Crippen molar-refractivity contribution < 1.29 is 0 Å². The third-order valence-corrected chi connectivity index (χ3v) is 4.14. The molecule has 0 spiro atoms. The SMILES string of the molecule is O=c1cccc(-c2c(-c3ccccc3)c(-c3ccccn3)c[nH]c2=O)[nH]1. The summed E-state index contributed by atoms with van der Waals surface area (Å²) in [6.45, 7) is 0. The van der Waals surface area contributed by atoms with Crippen LogP contribution in [0.3, 0.4) is 0 Å². The van der Waals surface area contributed by atoms with Crippen molar-refractivity contribution in [2.45, 2.75) is 0 Å². The zero-order valence-electron chi connectivity index (χ0n) is 13.8. The third-order valence-electron chi connectivity index (χ3n) is 4.14. The van der Waals surface area contributed by atoms with Crippen LogP contribution < -0.4 is 11.1 Å². The fourth-order valence-electron chi connectivity index (χ4n) is 3.01. The van der Waals surface area contributed by atoms with Crippen molar-refractivity contribution in [3.05, 3.63) is 99.8 Å². The second-order valence-electron chi connectivity index (χ2n) is 5.79. The molecular formula is C21H15N3O2. The van der Waals surface area contributed by atoms with Crippen LogP contribution in [0.2, 0.25) is 0 Å². The molecular weight excluding hydrogens is 326 g/mol. The van der Waals surface area contributed by atoms with Crippen molar-refractivity contribution in [3.63, 3.8) is 0 Å². The van der Waals surface area contributed by atoms with Gasteiger partial charge in [0.05, 0.1) is 17.0 Å². The molecule has 4 rings (SSSR count). The van der Waals surface area contributed by atoms with Crippen molar-refractivity contribution in [2.75, 3.05) is 0 Å². The van der Waals surface area contributed by atoms with Crippen LogP contribution in [-0.4, -0.2) is 15.0 Å². The zero-order chi connectivity index (χ0) is 17.9. The van der Waals surface area contributed by atoms with E-state index < -0.39 is 0 Å². The molecule has 2 N–H and O–H groups in total. The summed E-state index contributed by atoms with van der Waals surface area (Å²) in [4.78, 5) is 34.5. The molecule has 3 heterocycles. The highest BCUT2D eigenvalue weighted by molar-refractivity contribution is 5.91. The van der Waals surface area contributed by atoms with Crippen LogP contribution in [-0.2, 0) is 0 Å². The van der Waals surface area contributed by atoms with E-state index in [-0.39, 0.29) is 11.1 Å². The van der Waals surface area contributed by atoms with Crippen molar-refractivity contribution in [1.82, 2.24) is 15.0 Å². The van der Waals surface area contributed by atoms with Gasteiger partial charge in [0.1, 0.15) is 0 Å². The Labute approximate surface area is 149 Å². The molecule has 3 aromatic heterocycles. The van der Waals surface area contributed by atoms with Gasteiger partial charge >= 0.3 is 0 Å². The first-order valence-corrected chi connectivity index (χ1v) is 8.16. The first-order valence-electron chi connectivity index (χ1n) is 8.16. The van der Waals surface area contributed by atoms with E-state index in [1.165, 1.54) is 6.07 Å². The molecule has 0 unspecified atom stereocenters. The van der Waals surface area contributed by atoms with Gasteiger partial charge < -0.3 is 9.97 Å². The summed E-state index contributed by atoms with van der Waals surface area (Å²) < 4.78 is 0. The molecule has 0 amide bonds. The fraction of sp³-hybridized carbons (Fsp3) is 0. The van der Waals surface area contributed by atoms with E-state index in [1.54, 1.807) is 24.5 Å². The maximum atomic E-state index is 12.7. The minimum absolute atomic E-state index is 0.260. The van der Waals surface area contributed by atoms with Crippen molar-refractivity contribution in [3.8, 4) is 33.6 Å². The molecule has 0 aliphatic rings. The number of hydrogen-bond donors (Lipinski definition) is 2. The summed E-state index contributed by atoms with van der Waals surface area (Å²) in [5, 5.41) is 0. The van der Waals surface area contributed by atoms with E-state index in [0.29, 0.717) is 11.3 Å². The van der Waals surface area contributed by atoms with Gasteiger partial charge in [-0.05, 0) is 23.8 Å². The summed E-state index contributed by atoms with van der Waals surface area (Å²) >= 11 is 0. The van der Waals surface area contributed by atoms with Crippen molar-refractivity contribution >= 4 is 0 Å². The Kier molecular flexibility index (Phi) is 4.03. The Bertz CT molecular complexity index is 1160. The predicted octanol–water partition coefficient (Wildman–Crippen LogP) is 3.46. The molecule has 0 aliphatic carbocycles. The number of nitrogens with one attached hydrogen (secondary N) is 2. The van der Waals surface area contributed by atoms with E-state index in [0.717, 1.165) is 22.4 Å². The largest absolute Gasteiger partial charge is 0.328 e. The summed E-state index contributed by atoms with van der Waals surface area (Å²) in [5.41, 5.74) is 3.48. The van der Waals surface area contributed by atoms with E-state index in [1.807, 2.05) is 48.5 Å². The molecule has 0 fully saturated rings. The number of rotatable bonds is 3. The molecule has 5 nitrogen and oxygen atoms in total. The summed E-state index contributed by atoms with van der Waals surface area (Å²) in [7, 11) is 0.